The molecule has 0 bridgehead atoms. The van der Waals surface area contributed by atoms with E-state index in [1.807, 2.05) is 24.3 Å². The number of benzene rings is 2. The summed E-state index contributed by atoms with van der Waals surface area (Å²) in [6.07, 6.45) is -1.93. The summed E-state index contributed by atoms with van der Waals surface area (Å²) in [5.74, 6) is 0.888. The van der Waals surface area contributed by atoms with Gasteiger partial charge in [-0.1, -0.05) is 0 Å². The van der Waals surface area contributed by atoms with Gasteiger partial charge in [0, 0.05) is 0 Å². The fourth-order valence-corrected chi connectivity index (χ4v) is 10.9. The van der Waals surface area contributed by atoms with E-state index in [0.29, 0.717) is 5.92 Å². The minimum atomic E-state index is -4.93. The Kier molecular flexibility index (Phi) is 9.11. The van der Waals surface area contributed by atoms with Crippen molar-refractivity contribution in [3.8, 4) is 0 Å². The van der Waals surface area contributed by atoms with Crippen LogP contribution in [0.25, 0.3) is 10.9 Å². The van der Waals surface area contributed by atoms with Crippen LogP contribution in [0.15, 0.2) is 67.0 Å². The van der Waals surface area contributed by atoms with Crippen LogP contribution in [0.5, 0.6) is 0 Å². The first-order valence-corrected chi connectivity index (χ1v) is 17.5. The van der Waals surface area contributed by atoms with Crippen LogP contribution in [0, 0.1) is 5.92 Å². The molecule has 1 atom stereocenters. The molecule has 1 aliphatic carbocycles. The normalized spacial score (nSPS) is 15.3. The second-order valence-corrected chi connectivity index (χ2v) is 15.9. The molecule has 2 aromatic heterocycles. The van der Waals surface area contributed by atoms with Crippen molar-refractivity contribution in [1.29, 1.82) is 0 Å². The van der Waals surface area contributed by atoms with Crippen LogP contribution in [0.4, 0.5) is 32.3 Å². The molecule has 1 saturated carbocycles. The Morgan fingerprint density at radius 3 is 2.10 bits per heavy atom. The van der Waals surface area contributed by atoms with E-state index in [1.54, 1.807) is 11.0 Å². The predicted octanol–water partition coefficient (Wildman–Crippen LogP) is 8.18. The second kappa shape index (κ2) is 12.6. The van der Waals surface area contributed by atoms with Crippen molar-refractivity contribution < 1.29 is 26.3 Å². The quantitative estimate of drug-likeness (QED) is 0.136. The Hall–Kier alpha value is -3.13. The van der Waals surface area contributed by atoms with E-state index in [9.17, 15) is 26.3 Å². The van der Waals surface area contributed by atoms with Crippen molar-refractivity contribution in [1.82, 2.24) is 15.0 Å². The van der Waals surface area contributed by atoms with Gasteiger partial charge in [-0.15, -0.1) is 0 Å². The topological polar surface area (TPSA) is 41.9 Å². The molecule has 0 N–H and O–H groups in total. The number of hydrogen-bond donors (Lipinski definition) is 0. The zero-order valence-corrected chi connectivity index (χ0v) is 25.0. The van der Waals surface area contributed by atoms with Crippen LogP contribution in [-0.4, -0.2) is 29.6 Å². The summed E-state index contributed by atoms with van der Waals surface area (Å²) in [5, 5.41) is 3.06. The summed E-state index contributed by atoms with van der Waals surface area (Å²) in [6.45, 7) is 2.14. The Balaban J connectivity index is 1.58. The zero-order valence-electron chi connectivity index (χ0n) is 23.1. The van der Waals surface area contributed by atoms with E-state index in [1.165, 1.54) is 38.1 Å². The molecule has 1 fully saturated rings. The maximum atomic E-state index is 13.6. The molecule has 11 heteroatoms. The number of pyridine rings is 1. The number of hydrogen-bond acceptors (Lipinski definition) is 4. The second-order valence-electron chi connectivity index (χ2n) is 10.7. The van der Waals surface area contributed by atoms with E-state index in [-0.39, 0.29) is 30.7 Å². The molecule has 0 aliphatic heterocycles. The third kappa shape index (κ3) is 7.25. The summed E-state index contributed by atoms with van der Waals surface area (Å²) in [6, 6.07) is 13.2. The summed E-state index contributed by atoms with van der Waals surface area (Å²) in [5.41, 5.74) is -1.01. The number of alkyl halides is 6. The van der Waals surface area contributed by atoms with Gasteiger partial charge in [0.15, 0.2) is 0 Å². The molecule has 5 rings (SSSR count). The van der Waals surface area contributed by atoms with Crippen LogP contribution in [0.1, 0.15) is 54.9 Å². The van der Waals surface area contributed by atoms with Crippen molar-refractivity contribution >= 4 is 36.0 Å². The summed E-state index contributed by atoms with van der Waals surface area (Å²) >= 11 is -1.63. The zero-order chi connectivity index (χ0) is 29.9. The Labute approximate surface area is 245 Å². The Morgan fingerprint density at radius 2 is 1.48 bits per heavy atom. The van der Waals surface area contributed by atoms with Gasteiger partial charge in [0.05, 0.1) is 0 Å². The van der Waals surface area contributed by atoms with Gasteiger partial charge in [-0.2, -0.15) is 0 Å². The number of aromatic nitrogens is 3. The van der Waals surface area contributed by atoms with Crippen LogP contribution in [0.3, 0.4) is 0 Å². The van der Waals surface area contributed by atoms with Crippen LogP contribution < -0.4 is 9.38 Å². The third-order valence-electron chi connectivity index (χ3n) is 7.63. The molecular weight excluding hydrogens is 617 g/mol. The molecule has 0 spiro atoms. The summed E-state index contributed by atoms with van der Waals surface area (Å²) in [7, 11) is 0. The van der Waals surface area contributed by atoms with Crippen molar-refractivity contribution in [3.05, 3.63) is 89.2 Å². The van der Waals surface area contributed by atoms with Gasteiger partial charge in [-0.3, -0.25) is 0 Å². The Morgan fingerprint density at radius 1 is 0.833 bits per heavy atom. The molecule has 4 nitrogen and oxygen atoms in total. The molecular formula is C31H31AsF6N4. The number of nitrogens with zero attached hydrogens (tertiary/aromatic N) is 4. The third-order valence-corrected chi connectivity index (χ3v) is 13.3. The van der Waals surface area contributed by atoms with Gasteiger partial charge < -0.3 is 0 Å². The van der Waals surface area contributed by atoms with Gasteiger partial charge in [0.1, 0.15) is 0 Å². The minimum absolute atomic E-state index is 0.129. The molecule has 0 amide bonds. The number of rotatable bonds is 9. The molecule has 1 unspecified atom stereocenters. The van der Waals surface area contributed by atoms with E-state index >= 15 is 0 Å². The number of halogens is 6. The monoisotopic (exact) mass is 648 g/mol. The first kappa shape index (κ1) is 30.3. The van der Waals surface area contributed by atoms with Gasteiger partial charge in [-0.05, 0) is 0 Å². The van der Waals surface area contributed by atoms with Gasteiger partial charge in [0.2, 0.25) is 0 Å². The van der Waals surface area contributed by atoms with Crippen molar-refractivity contribution in [2.45, 2.75) is 68.5 Å². The Bertz CT molecular complexity index is 1470. The van der Waals surface area contributed by atoms with Gasteiger partial charge in [-0.25, -0.2) is 0 Å². The molecule has 2 aromatic carbocycles. The molecule has 42 heavy (non-hydrogen) atoms. The van der Waals surface area contributed by atoms with Crippen LogP contribution in [0.2, 0.25) is 10.4 Å². The maximum absolute atomic E-state index is 13.6. The number of para-hydroxylation sites is 1. The summed E-state index contributed by atoms with van der Waals surface area (Å²) in [4.78, 5) is 15.4. The van der Waals surface area contributed by atoms with Crippen molar-refractivity contribution in [3.63, 3.8) is 0 Å². The van der Waals surface area contributed by atoms with Crippen molar-refractivity contribution in [2.24, 2.45) is 5.92 Å². The van der Waals surface area contributed by atoms with E-state index in [0.717, 1.165) is 43.5 Å². The standard InChI is InChI=1S/C31H31AsF6N4/c1-2-32(18-21-8-3-4-9-21)28-24(16-23-10-5-6-11-27(23)41-28)20-42(29-39-12-7-13-40-29)19-22-14-25(30(33,34)35)17-26(15-22)31(36,37)38/h5-7,10-17,21H,2-4,8-9,18-20H2,1H3. The molecule has 2 heterocycles. The molecule has 0 radical (unpaired) electrons. The van der Waals surface area contributed by atoms with E-state index in [2.05, 4.69) is 23.0 Å². The average Bonchev–Trinajstić information content (AvgIpc) is 3.48. The van der Waals surface area contributed by atoms with Crippen LogP contribution in [-0.2, 0) is 25.4 Å². The van der Waals surface area contributed by atoms with Crippen molar-refractivity contribution in [2.75, 3.05) is 4.90 Å². The molecule has 0 saturated heterocycles. The first-order valence-electron chi connectivity index (χ1n) is 13.9. The van der Waals surface area contributed by atoms with E-state index < -0.39 is 38.1 Å². The fourth-order valence-electron chi connectivity index (χ4n) is 5.60. The number of fused-ring (bicyclic) bond motifs is 1. The van der Waals surface area contributed by atoms with E-state index in [4.69, 9.17) is 4.98 Å². The number of anilines is 1. The van der Waals surface area contributed by atoms with Gasteiger partial charge in [0.25, 0.3) is 0 Å². The SMILES string of the molecule is CC[As](CC1CCCC1)c1nc2ccccc2cc1CN(Cc1cc(C(F)(F)F)cc(C(F)(F)F)c1)c1ncccn1. The fraction of sp³-hybridized carbons (Fsp3) is 0.387. The molecule has 4 aromatic rings. The van der Waals surface area contributed by atoms with Crippen LogP contribution >= 0.6 is 0 Å². The predicted molar refractivity (Wildman–Crippen MR) is 153 cm³/mol. The van der Waals surface area contributed by atoms with Gasteiger partial charge >= 0.3 is 246 Å². The molecule has 222 valence electrons. The average molecular weight is 649 g/mol. The summed E-state index contributed by atoms with van der Waals surface area (Å²) < 4.78 is 82.8. The first-order chi connectivity index (χ1) is 20.0. The molecule has 1 aliphatic rings.